The van der Waals surface area contributed by atoms with Gasteiger partial charge in [0.15, 0.2) is 0 Å². The first-order valence-corrected chi connectivity index (χ1v) is 2.68. The third-order valence-electron chi connectivity index (χ3n) is 1.18. The van der Waals surface area contributed by atoms with Crippen molar-refractivity contribution in [3.05, 3.63) is 12.1 Å². The van der Waals surface area contributed by atoms with Crippen LogP contribution in [0.25, 0.3) is 0 Å². The number of halogens is 2. The van der Waals surface area contributed by atoms with Crippen LogP contribution in [0.15, 0.2) is 12.1 Å². The summed E-state index contributed by atoms with van der Waals surface area (Å²) in [6.07, 6.45) is 0. The molecule has 0 heterocycles. The molecule has 0 aromatic heterocycles. The van der Waals surface area contributed by atoms with E-state index in [1.54, 1.807) is 0 Å². The fourth-order valence-corrected chi connectivity index (χ4v) is 0.612. The number of hydrogen-bond acceptors (Lipinski definition) is 4. The monoisotopic (exact) mass is 334 g/mol. The van der Waals surface area contributed by atoms with E-state index in [0.717, 1.165) is 6.07 Å². The van der Waals surface area contributed by atoms with Crippen molar-refractivity contribution in [1.82, 2.24) is 0 Å². The molecule has 6 N–H and O–H groups in total. The summed E-state index contributed by atoms with van der Waals surface area (Å²) < 4.78 is 0. The summed E-state index contributed by atoms with van der Waals surface area (Å²) in [5, 5.41) is 17.8. The predicted octanol–water partition coefficient (Wildman–Crippen LogP) is 0.190. The number of aromatic hydroxyl groups is 2. The summed E-state index contributed by atoms with van der Waals surface area (Å²) in [6.45, 7) is 0. The van der Waals surface area contributed by atoms with Crippen molar-refractivity contribution < 1.29 is 10.2 Å². The molecule has 0 aliphatic carbocycles. The normalized spacial score (nSPS) is 7.38. The van der Waals surface area contributed by atoms with Crippen molar-refractivity contribution in [3.8, 4) is 11.5 Å². The molecule has 1 aromatic carbocycles. The first kappa shape index (κ1) is 18.6. The minimum atomic E-state index is -0.160. The maximum absolute atomic E-state index is 8.88. The summed E-state index contributed by atoms with van der Waals surface area (Å²) >= 11 is 0. The molecule has 13 heavy (non-hydrogen) atoms. The molecule has 1 rings (SSSR count). The quantitative estimate of drug-likeness (QED) is 0.236. The van der Waals surface area contributed by atoms with Crippen molar-refractivity contribution in [2.24, 2.45) is 0 Å². The SMILES string of the molecule is Cl.Cl.Nc1cc(N)c(O)cc1O.[SnH2]. The van der Waals surface area contributed by atoms with Gasteiger partial charge in [-0.05, 0) is 6.07 Å². The van der Waals surface area contributed by atoms with Crippen molar-refractivity contribution in [2.45, 2.75) is 0 Å². The summed E-state index contributed by atoms with van der Waals surface area (Å²) in [5.41, 5.74) is 10.8. The Morgan fingerprint density at radius 1 is 0.846 bits per heavy atom. The molecule has 0 aliphatic heterocycles. The molecular formula is C6H12Cl2N2O2Sn. The zero-order valence-corrected chi connectivity index (χ0v) is 12.4. The third-order valence-corrected chi connectivity index (χ3v) is 1.18. The van der Waals surface area contributed by atoms with Gasteiger partial charge in [-0.3, -0.25) is 0 Å². The van der Waals surface area contributed by atoms with Crippen LogP contribution in [-0.4, -0.2) is 34.1 Å². The molecule has 0 unspecified atom stereocenters. The van der Waals surface area contributed by atoms with E-state index < -0.39 is 0 Å². The maximum atomic E-state index is 8.88. The standard InChI is InChI=1S/C6H8N2O2.2ClH.Sn.2H/c7-3-1-4(8)6(10)2-5(3)9;;;;;/h1-2,9-10H,7-8H2;2*1H;;;. The van der Waals surface area contributed by atoms with Gasteiger partial charge in [-0.15, -0.1) is 24.8 Å². The molecule has 0 aliphatic rings. The van der Waals surface area contributed by atoms with Crippen LogP contribution in [0.3, 0.4) is 0 Å². The second kappa shape index (κ2) is 7.23. The van der Waals surface area contributed by atoms with Gasteiger partial charge in [0.25, 0.3) is 0 Å². The van der Waals surface area contributed by atoms with Gasteiger partial charge < -0.3 is 21.7 Å². The Hall–Kier alpha value is -0.201. The molecule has 4 nitrogen and oxygen atoms in total. The van der Waals surface area contributed by atoms with Crippen molar-refractivity contribution in [2.75, 3.05) is 11.5 Å². The van der Waals surface area contributed by atoms with Crippen molar-refractivity contribution in [3.63, 3.8) is 0 Å². The average molecular weight is 334 g/mol. The van der Waals surface area contributed by atoms with Crippen LogP contribution in [0.4, 0.5) is 11.4 Å². The van der Waals surface area contributed by atoms with Gasteiger partial charge in [0.05, 0.1) is 11.4 Å². The molecule has 1 aromatic rings. The van der Waals surface area contributed by atoms with Gasteiger partial charge in [-0.25, -0.2) is 0 Å². The van der Waals surface area contributed by atoms with Gasteiger partial charge in [0.2, 0.25) is 0 Å². The molecule has 0 saturated heterocycles. The van der Waals surface area contributed by atoms with Gasteiger partial charge in [0, 0.05) is 6.07 Å². The number of nitrogen functional groups attached to an aromatic ring is 2. The zero-order chi connectivity index (χ0) is 7.72. The molecule has 76 valence electrons. The Morgan fingerprint density at radius 3 is 1.38 bits per heavy atom. The van der Waals surface area contributed by atoms with Gasteiger partial charge in [0.1, 0.15) is 11.5 Å². The van der Waals surface area contributed by atoms with Crippen molar-refractivity contribution >= 4 is 60.1 Å². The van der Waals surface area contributed by atoms with Crippen molar-refractivity contribution in [1.29, 1.82) is 0 Å². The van der Waals surface area contributed by atoms with E-state index in [2.05, 4.69) is 0 Å². The Balaban J connectivity index is -0.000000333. The Bertz CT molecular complexity index is 223. The summed E-state index contributed by atoms with van der Waals surface area (Å²) in [6, 6.07) is 2.40. The molecule has 0 spiro atoms. The number of phenols is 2. The number of hydrogen-bond donors (Lipinski definition) is 4. The Labute approximate surface area is 105 Å². The first-order chi connectivity index (χ1) is 4.61. The van der Waals surface area contributed by atoms with Crippen LogP contribution in [0.1, 0.15) is 0 Å². The van der Waals surface area contributed by atoms with Crippen LogP contribution < -0.4 is 11.5 Å². The van der Waals surface area contributed by atoms with E-state index in [1.165, 1.54) is 6.07 Å². The zero-order valence-electron chi connectivity index (χ0n) is 6.73. The van der Waals surface area contributed by atoms with E-state index in [0.29, 0.717) is 0 Å². The second-order valence-electron chi connectivity index (χ2n) is 1.97. The molecule has 0 amide bonds. The molecule has 0 atom stereocenters. The fraction of sp³-hybridized carbons (Fsp3) is 0. The molecule has 7 heteroatoms. The number of phenolic OH excluding ortho intramolecular Hbond substituents is 2. The van der Waals surface area contributed by atoms with E-state index in [-0.39, 0.29) is 71.6 Å². The first-order valence-electron chi connectivity index (χ1n) is 2.68. The summed E-state index contributed by atoms with van der Waals surface area (Å²) in [5.74, 6) is -0.321. The molecule has 0 saturated carbocycles. The predicted molar refractivity (Wildman–Crippen MR) is 61.6 cm³/mol. The molecule has 0 fully saturated rings. The van der Waals surface area contributed by atoms with E-state index >= 15 is 0 Å². The summed E-state index contributed by atoms with van der Waals surface area (Å²) in [4.78, 5) is 0. The van der Waals surface area contributed by atoms with Crippen LogP contribution in [-0.2, 0) is 0 Å². The fourth-order valence-electron chi connectivity index (χ4n) is 0.612. The van der Waals surface area contributed by atoms with Crippen LogP contribution in [0.5, 0.6) is 11.5 Å². The average Bonchev–Trinajstić information content (AvgIpc) is 1.84. The Morgan fingerprint density at radius 2 is 1.15 bits per heavy atom. The van der Waals surface area contributed by atoms with E-state index in [4.69, 9.17) is 21.7 Å². The molecule has 2 radical (unpaired) electrons. The summed E-state index contributed by atoms with van der Waals surface area (Å²) in [7, 11) is 0. The van der Waals surface area contributed by atoms with Crippen LogP contribution in [0, 0.1) is 0 Å². The Kier molecular flexibility index (Phi) is 10.3. The van der Waals surface area contributed by atoms with Gasteiger partial charge in [-0.2, -0.15) is 0 Å². The van der Waals surface area contributed by atoms with E-state index in [9.17, 15) is 0 Å². The minimum absolute atomic E-state index is 0. The number of rotatable bonds is 0. The molecular weight excluding hydrogens is 322 g/mol. The van der Waals surface area contributed by atoms with Gasteiger partial charge in [-0.1, -0.05) is 0 Å². The van der Waals surface area contributed by atoms with Gasteiger partial charge >= 0.3 is 23.9 Å². The number of anilines is 2. The molecule has 0 bridgehead atoms. The van der Waals surface area contributed by atoms with Crippen LogP contribution in [0.2, 0.25) is 0 Å². The number of nitrogens with two attached hydrogens (primary N) is 2. The van der Waals surface area contributed by atoms with E-state index in [1.807, 2.05) is 0 Å². The topological polar surface area (TPSA) is 92.5 Å². The third kappa shape index (κ3) is 4.54. The van der Waals surface area contributed by atoms with Crippen LogP contribution >= 0.6 is 24.8 Å². The number of benzene rings is 1. The second-order valence-corrected chi connectivity index (χ2v) is 1.97.